The highest BCUT2D eigenvalue weighted by atomic mass is 16.1. The van der Waals surface area contributed by atoms with Crippen LogP contribution in [0.4, 0.5) is 11.5 Å². The van der Waals surface area contributed by atoms with Crippen LogP contribution in [0, 0.1) is 0 Å². The van der Waals surface area contributed by atoms with E-state index in [-0.39, 0.29) is 17.3 Å². The lowest BCUT2D eigenvalue weighted by Gasteiger charge is -2.05. The number of carbonyl (C=O) groups is 1. The van der Waals surface area contributed by atoms with Crippen molar-refractivity contribution in [2.75, 3.05) is 11.1 Å². The Bertz CT molecular complexity index is 1420. The molecule has 150 valence electrons. The van der Waals surface area contributed by atoms with E-state index in [9.17, 15) is 4.79 Å². The van der Waals surface area contributed by atoms with Crippen molar-refractivity contribution in [2.45, 2.75) is 0 Å². The molecule has 7 nitrogen and oxygen atoms in total. The molecule has 2 heterocycles. The first-order chi connectivity index (χ1) is 15.2. The molecule has 3 aromatic carbocycles. The van der Waals surface area contributed by atoms with Crippen LogP contribution in [-0.2, 0) is 0 Å². The maximum atomic E-state index is 13.1. The third-order valence-corrected chi connectivity index (χ3v) is 4.85. The van der Waals surface area contributed by atoms with E-state index in [4.69, 9.17) is 5.73 Å². The number of amides is 1. The van der Waals surface area contributed by atoms with E-state index in [1.165, 1.54) is 4.68 Å². The number of fused-ring (bicyclic) bond motifs is 2. The van der Waals surface area contributed by atoms with E-state index in [1.54, 1.807) is 6.21 Å². The van der Waals surface area contributed by atoms with Crippen molar-refractivity contribution < 1.29 is 4.79 Å². The molecular weight excluding hydrogens is 388 g/mol. The molecule has 3 N–H and O–H groups in total. The topological polar surface area (TPSA) is 98.2 Å². The Morgan fingerprint density at radius 1 is 0.871 bits per heavy atom. The zero-order valence-corrected chi connectivity index (χ0v) is 16.4. The minimum absolute atomic E-state index is 0.172. The molecule has 0 saturated heterocycles. The summed E-state index contributed by atoms with van der Waals surface area (Å²) in [4.78, 5) is 22.5. The largest absolute Gasteiger partial charge is 0.383 e. The average molecular weight is 406 g/mol. The fraction of sp³-hybridized carbons (Fsp3) is 0. The van der Waals surface area contributed by atoms with Gasteiger partial charge < -0.3 is 11.1 Å². The lowest BCUT2D eigenvalue weighted by atomic mass is 10.2. The lowest BCUT2D eigenvalue weighted by molar-refractivity contribution is 0.102. The Labute approximate surface area is 177 Å². The van der Waals surface area contributed by atoms with Crippen LogP contribution in [0.2, 0.25) is 0 Å². The number of hydrogen-bond donors (Lipinski definition) is 2. The van der Waals surface area contributed by atoms with E-state index < -0.39 is 0 Å². The molecule has 0 radical (unpaired) electrons. The third-order valence-electron chi connectivity index (χ3n) is 4.85. The summed E-state index contributed by atoms with van der Waals surface area (Å²) in [5.74, 6) is -0.196. The fourth-order valence-electron chi connectivity index (χ4n) is 3.37. The maximum absolute atomic E-state index is 13.1. The molecule has 5 rings (SSSR count). The first kappa shape index (κ1) is 18.5. The van der Waals surface area contributed by atoms with Crippen molar-refractivity contribution in [1.82, 2.24) is 14.6 Å². The van der Waals surface area contributed by atoms with Crippen LogP contribution in [0.25, 0.3) is 22.2 Å². The minimum Gasteiger partial charge on any atom is -0.383 e. The van der Waals surface area contributed by atoms with Crippen LogP contribution < -0.4 is 11.1 Å². The molecule has 0 fully saturated rings. The molecule has 0 saturated carbocycles. The summed E-state index contributed by atoms with van der Waals surface area (Å²) in [6.45, 7) is 0. The van der Waals surface area contributed by atoms with Gasteiger partial charge in [0.05, 0.1) is 17.2 Å². The molecule has 0 aliphatic carbocycles. The van der Waals surface area contributed by atoms with Crippen molar-refractivity contribution in [3.63, 3.8) is 0 Å². The SMILES string of the molecule is Nc1c(C(=O)Nc2ccccc2)c2nc3ccccc3nc2n1N=Cc1ccccc1. The zero-order valence-electron chi connectivity index (χ0n) is 16.4. The second-order valence-electron chi connectivity index (χ2n) is 6.93. The molecule has 0 aliphatic rings. The number of rotatable bonds is 4. The smallest absolute Gasteiger partial charge is 0.261 e. The Morgan fingerprint density at radius 2 is 1.48 bits per heavy atom. The normalized spacial score (nSPS) is 11.4. The average Bonchev–Trinajstić information content (AvgIpc) is 3.07. The molecule has 0 unspecified atom stereocenters. The molecule has 7 heteroatoms. The van der Waals surface area contributed by atoms with Gasteiger partial charge in [0.2, 0.25) is 0 Å². The van der Waals surface area contributed by atoms with Crippen LogP contribution >= 0.6 is 0 Å². The molecule has 0 aliphatic heterocycles. The van der Waals surface area contributed by atoms with Gasteiger partial charge in [0.1, 0.15) is 16.9 Å². The molecule has 1 amide bonds. The number of hydrogen-bond acceptors (Lipinski definition) is 5. The molecule has 0 spiro atoms. The van der Waals surface area contributed by atoms with Gasteiger partial charge in [0.15, 0.2) is 5.65 Å². The van der Waals surface area contributed by atoms with Crippen LogP contribution in [0.3, 0.4) is 0 Å². The zero-order chi connectivity index (χ0) is 21.2. The van der Waals surface area contributed by atoms with Crippen LogP contribution in [0.15, 0.2) is 90.0 Å². The van der Waals surface area contributed by atoms with Crippen LogP contribution in [0.1, 0.15) is 15.9 Å². The van der Waals surface area contributed by atoms with Gasteiger partial charge in [-0.2, -0.15) is 9.78 Å². The quantitative estimate of drug-likeness (QED) is 0.435. The number of anilines is 2. The van der Waals surface area contributed by atoms with Gasteiger partial charge in [-0.15, -0.1) is 0 Å². The number of benzene rings is 3. The lowest BCUT2D eigenvalue weighted by Crippen LogP contribution is -2.14. The number of nitrogen functional groups attached to an aromatic ring is 1. The summed E-state index contributed by atoms with van der Waals surface area (Å²) in [6, 6.07) is 26.3. The highest BCUT2D eigenvalue weighted by Crippen LogP contribution is 2.28. The summed E-state index contributed by atoms with van der Waals surface area (Å²) in [5, 5.41) is 7.38. The summed E-state index contributed by atoms with van der Waals surface area (Å²) in [6.07, 6.45) is 1.67. The van der Waals surface area contributed by atoms with Gasteiger partial charge in [-0.1, -0.05) is 60.7 Å². The van der Waals surface area contributed by atoms with Gasteiger partial charge in [-0.05, 0) is 29.8 Å². The Morgan fingerprint density at radius 3 is 2.19 bits per heavy atom. The standard InChI is InChI=1S/C24H18N6O/c25-22-20(24(31)27-17-11-5-2-6-12-17)21-23(29-19-14-8-7-13-18(19)28-21)30(22)26-15-16-9-3-1-4-10-16/h1-15H,25H2,(H,27,31). The first-order valence-corrected chi connectivity index (χ1v) is 9.73. The molecule has 5 aromatic rings. The van der Waals surface area contributed by atoms with E-state index in [2.05, 4.69) is 20.4 Å². The summed E-state index contributed by atoms with van der Waals surface area (Å²) in [7, 11) is 0. The highest BCUT2D eigenvalue weighted by molar-refractivity contribution is 6.16. The number of nitrogens with zero attached hydrogens (tertiary/aromatic N) is 4. The minimum atomic E-state index is -0.369. The predicted molar refractivity (Wildman–Crippen MR) is 123 cm³/mol. The maximum Gasteiger partial charge on any atom is 0.261 e. The van der Waals surface area contributed by atoms with Crippen LogP contribution in [0.5, 0.6) is 0 Å². The van der Waals surface area contributed by atoms with Crippen molar-refractivity contribution in [2.24, 2.45) is 5.10 Å². The Kier molecular flexibility index (Phi) is 4.61. The van der Waals surface area contributed by atoms with E-state index in [1.807, 2.05) is 84.9 Å². The summed E-state index contributed by atoms with van der Waals surface area (Å²) >= 11 is 0. The van der Waals surface area contributed by atoms with Gasteiger partial charge in [-0.3, -0.25) is 4.79 Å². The van der Waals surface area contributed by atoms with Gasteiger partial charge in [0.25, 0.3) is 5.91 Å². The van der Waals surface area contributed by atoms with Crippen molar-refractivity contribution in [3.8, 4) is 0 Å². The molecule has 0 atom stereocenters. The van der Waals surface area contributed by atoms with Crippen molar-refractivity contribution >= 4 is 45.8 Å². The second-order valence-corrected chi connectivity index (χ2v) is 6.93. The van der Waals surface area contributed by atoms with E-state index in [0.29, 0.717) is 27.9 Å². The van der Waals surface area contributed by atoms with Gasteiger partial charge in [-0.25, -0.2) is 9.97 Å². The van der Waals surface area contributed by atoms with Gasteiger partial charge in [0, 0.05) is 5.69 Å². The van der Waals surface area contributed by atoms with Crippen LogP contribution in [-0.4, -0.2) is 26.8 Å². The number of para-hydroxylation sites is 3. The van der Waals surface area contributed by atoms with E-state index >= 15 is 0 Å². The van der Waals surface area contributed by atoms with Crippen molar-refractivity contribution in [3.05, 3.63) is 96.1 Å². The molecule has 0 bridgehead atoms. The monoisotopic (exact) mass is 406 g/mol. The number of nitrogens with one attached hydrogen (secondary N) is 1. The second kappa shape index (κ2) is 7.72. The third kappa shape index (κ3) is 3.49. The Hall–Kier alpha value is -4.52. The predicted octanol–water partition coefficient (Wildman–Crippen LogP) is 4.30. The first-order valence-electron chi connectivity index (χ1n) is 9.73. The number of carbonyl (C=O) groups excluding carboxylic acids is 1. The number of aromatic nitrogens is 3. The van der Waals surface area contributed by atoms with Gasteiger partial charge >= 0.3 is 0 Å². The molecule has 2 aromatic heterocycles. The fourth-order valence-corrected chi connectivity index (χ4v) is 3.37. The van der Waals surface area contributed by atoms with E-state index in [0.717, 1.165) is 5.56 Å². The molecule has 31 heavy (non-hydrogen) atoms. The highest BCUT2D eigenvalue weighted by Gasteiger charge is 2.24. The number of nitrogens with two attached hydrogens (primary N) is 1. The Balaban J connectivity index is 1.68. The molecular formula is C24H18N6O. The van der Waals surface area contributed by atoms with Crippen molar-refractivity contribution in [1.29, 1.82) is 0 Å². The summed E-state index contributed by atoms with van der Waals surface area (Å²) in [5.41, 5.74) is 10.4. The summed E-state index contributed by atoms with van der Waals surface area (Å²) < 4.78 is 1.46.